The van der Waals surface area contributed by atoms with Crippen LogP contribution in [0.25, 0.3) is 11.4 Å². The van der Waals surface area contributed by atoms with Crippen molar-refractivity contribution < 1.29 is 4.79 Å². The van der Waals surface area contributed by atoms with Crippen LogP contribution in [0.4, 0.5) is 5.69 Å². The summed E-state index contributed by atoms with van der Waals surface area (Å²) in [6.07, 6.45) is 0.884. The van der Waals surface area contributed by atoms with Gasteiger partial charge in [-0.1, -0.05) is 23.7 Å². The van der Waals surface area contributed by atoms with Gasteiger partial charge in [-0.05, 0) is 47.0 Å². The number of hydrogen-bond donors (Lipinski definition) is 2. The Labute approximate surface area is 148 Å². The van der Waals surface area contributed by atoms with Crippen LogP contribution in [0.1, 0.15) is 21.5 Å². The van der Waals surface area contributed by atoms with Crippen molar-refractivity contribution >= 4 is 23.2 Å². The van der Waals surface area contributed by atoms with Crippen LogP contribution >= 0.6 is 11.6 Å². The lowest BCUT2D eigenvalue weighted by Crippen LogP contribution is -2.20. The Morgan fingerprint density at radius 3 is 2.88 bits per heavy atom. The number of amides is 1. The Kier molecular flexibility index (Phi) is 3.85. The molecule has 8 heteroatoms. The molecular weight excluding hydrogens is 340 g/mol. The lowest BCUT2D eigenvalue weighted by atomic mass is 10.1. The third-order valence-electron chi connectivity index (χ3n) is 4.37. The Hall–Kier alpha value is -2.93. The van der Waals surface area contributed by atoms with Gasteiger partial charge in [0.2, 0.25) is 11.7 Å². The van der Waals surface area contributed by atoms with Crippen LogP contribution in [-0.2, 0) is 13.0 Å². The summed E-state index contributed by atoms with van der Waals surface area (Å²) in [5.74, 6) is 0.111. The summed E-state index contributed by atoms with van der Waals surface area (Å²) in [5.41, 5.74) is 9.98. The number of rotatable bonds is 4. The van der Waals surface area contributed by atoms with Crippen molar-refractivity contribution in [2.45, 2.75) is 13.0 Å². The molecule has 25 heavy (non-hydrogen) atoms. The number of nitrogens with two attached hydrogens (primary N) is 1. The van der Waals surface area contributed by atoms with Gasteiger partial charge in [-0.2, -0.15) is 5.21 Å². The zero-order valence-corrected chi connectivity index (χ0v) is 14.0. The molecule has 0 saturated heterocycles. The number of benzene rings is 2. The van der Waals surface area contributed by atoms with Crippen LogP contribution in [0, 0.1) is 0 Å². The first kappa shape index (κ1) is 15.6. The number of nitrogens with one attached hydrogen (secondary N) is 1. The molecule has 0 fully saturated rings. The summed E-state index contributed by atoms with van der Waals surface area (Å²) >= 11 is 6.44. The average Bonchev–Trinajstić information content (AvgIpc) is 3.26. The molecule has 7 nitrogen and oxygen atoms in total. The lowest BCUT2D eigenvalue weighted by molar-refractivity contribution is 0.1000. The molecule has 1 aliphatic rings. The summed E-state index contributed by atoms with van der Waals surface area (Å²) in [5, 5.41) is 14.6. The predicted octanol–water partition coefficient (Wildman–Crippen LogP) is 2.18. The fraction of sp³-hybridized carbons (Fsp3) is 0.176. The highest BCUT2D eigenvalue weighted by Gasteiger charge is 2.21. The quantitative estimate of drug-likeness (QED) is 0.747. The minimum atomic E-state index is -0.402. The number of fused-ring (bicyclic) bond motifs is 1. The summed E-state index contributed by atoms with van der Waals surface area (Å²) < 4.78 is 0. The number of carbonyl (C=O) groups excluding carboxylic acids is 1. The van der Waals surface area contributed by atoms with E-state index in [1.54, 1.807) is 6.07 Å². The van der Waals surface area contributed by atoms with E-state index in [0.717, 1.165) is 35.3 Å². The van der Waals surface area contributed by atoms with Crippen molar-refractivity contribution in [1.82, 2.24) is 20.6 Å². The third-order valence-corrected chi connectivity index (χ3v) is 4.73. The van der Waals surface area contributed by atoms with Crippen LogP contribution in [0.2, 0.25) is 5.02 Å². The van der Waals surface area contributed by atoms with E-state index < -0.39 is 5.91 Å². The number of hydrogen-bond acceptors (Lipinski definition) is 5. The van der Waals surface area contributed by atoms with E-state index in [-0.39, 0.29) is 0 Å². The van der Waals surface area contributed by atoms with Gasteiger partial charge in [-0.15, -0.1) is 10.2 Å². The largest absolute Gasteiger partial charge is 0.367 e. The second-order valence-electron chi connectivity index (χ2n) is 5.92. The van der Waals surface area contributed by atoms with Crippen molar-refractivity contribution in [2.75, 3.05) is 11.4 Å². The number of primary amides is 1. The molecule has 1 aliphatic heterocycles. The molecule has 2 aromatic carbocycles. The number of aromatic amines is 1. The molecule has 4 rings (SSSR count). The molecule has 0 aliphatic carbocycles. The number of halogens is 1. The number of H-pyrrole nitrogens is 1. The van der Waals surface area contributed by atoms with Crippen LogP contribution < -0.4 is 10.6 Å². The standard InChI is InChI=1S/C17H15ClN6O/c18-14-8-12(17-20-22-23-21-17)1-2-13(14)9-24-6-5-10-7-11(16(19)25)3-4-15(10)24/h1-4,7-8H,5-6,9H2,(H2,19,25)(H,20,21,22,23). The van der Waals surface area contributed by atoms with Crippen LogP contribution in [0.15, 0.2) is 36.4 Å². The molecular formula is C17H15ClN6O. The topological polar surface area (TPSA) is 101 Å². The Balaban J connectivity index is 1.57. The molecule has 3 aromatic rings. The van der Waals surface area contributed by atoms with Crippen molar-refractivity contribution in [3.05, 3.63) is 58.1 Å². The van der Waals surface area contributed by atoms with Crippen molar-refractivity contribution in [2.24, 2.45) is 5.73 Å². The average molecular weight is 355 g/mol. The molecule has 0 radical (unpaired) electrons. The molecule has 0 bridgehead atoms. The van der Waals surface area contributed by atoms with E-state index in [9.17, 15) is 4.79 Å². The predicted molar refractivity (Wildman–Crippen MR) is 94.3 cm³/mol. The number of nitrogens with zero attached hydrogens (tertiary/aromatic N) is 4. The molecule has 0 atom stereocenters. The fourth-order valence-electron chi connectivity index (χ4n) is 3.09. The highest BCUT2D eigenvalue weighted by Crippen LogP contribution is 2.32. The summed E-state index contributed by atoms with van der Waals surface area (Å²) in [6, 6.07) is 11.3. The summed E-state index contributed by atoms with van der Waals surface area (Å²) in [7, 11) is 0. The Bertz CT molecular complexity index is 940. The molecule has 0 unspecified atom stereocenters. The van der Waals surface area contributed by atoms with Crippen LogP contribution in [0.5, 0.6) is 0 Å². The van der Waals surface area contributed by atoms with Gasteiger partial charge in [0, 0.05) is 34.9 Å². The molecule has 126 valence electrons. The summed E-state index contributed by atoms with van der Waals surface area (Å²) in [6.45, 7) is 1.56. The molecule has 1 amide bonds. The highest BCUT2D eigenvalue weighted by atomic mass is 35.5. The first-order valence-corrected chi connectivity index (χ1v) is 8.19. The Morgan fingerprint density at radius 1 is 1.28 bits per heavy atom. The number of tetrazole rings is 1. The number of aromatic nitrogens is 4. The molecule has 3 N–H and O–H groups in total. The van der Waals surface area contributed by atoms with Gasteiger partial charge in [0.05, 0.1) is 0 Å². The maximum Gasteiger partial charge on any atom is 0.248 e. The monoisotopic (exact) mass is 354 g/mol. The van der Waals surface area contributed by atoms with Gasteiger partial charge in [0.25, 0.3) is 0 Å². The fourth-order valence-corrected chi connectivity index (χ4v) is 3.33. The third kappa shape index (κ3) is 2.94. The van der Waals surface area contributed by atoms with Crippen molar-refractivity contribution in [3.8, 4) is 11.4 Å². The van der Waals surface area contributed by atoms with E-state index in [4.69, 9.17) is 17.3 Å². The SMILES string of the molecule is NC(=O)c1ccc2c(c1)CCN2Cc1ccc(-c2nn[nH]n2)cc1Cl. The van der Waals surface area contributed by atoms with Crippen molar-refractivity contribution in [1.29, 1.82) is 0 Å². The minimum Gasteiger partial charge on any atom is -0.367 e. The van der Waals surface area contributed by atoms with Gasteiger partial charge in [-0.3, -0.25) is 4.79 Å². The smallest absolute Gasteiger partial charge is 0.248 e. The Morgan fingerprint density at radius 2 is 2.16 bits per heavy atom. The van der Waals surface area contributed by atoms with E-state index in [1.165, 1.54) is 0 Å². The second kappa shape index (κ2) is 6.18. The normalized spacial score (nSPS) is 13.1. The van der Waals surface area contributed by atoms with Crippen molar-refractivity contribution in [3.63, 3.8) is 0 Å². The maximum absolute atomic E-state index is 11.3. The van der Waals surface area contributed by atoms with E-state index in [0.29, 0.717) is 23.0 Å². The molecule has 0 spiro atoms. The zero-order chi connectivity index (χ0) is 17.4. The van der Waals surface area contributed by atoms with Crippen LogP contribution in [-0.4, -0.2) is 33.1 Å². The van der Waals surface area contributed by atoms with E-state index >= 15 is 0 Å². The second-order valence-corrected chi connectivity index (χ2v) is 6.33. The first-order valence-electron chi connectivity index (χ1n) is 7.82. The van der Waals surface area contributed by atoms with Crippen LogP contribution in [0.3, 0.4) is 0 Å². The zero-order valence-electron chi connectivity index (χ0n) is 13.2. The lowest BCUT2D eigenvalue weighted by Gasteiger charge is -2.20. The van der Waals surface area contributed by atoms with Gasteiger partial charge in [0.15, 0.2) is 0 Å². The van der Waals surface area contributed by atoms with Gasteiger partial charge < -0.3 is 10.6 Å². The van der Waals surface area contributed by atoms with E-state index in [1.807, 2.05) is 30.3 Å². The molecule has 2 heterocycles. The number of anilines is 1. The summed E-state index contributed by atoms with van der Waals surface area (Å²) in [4.78, 5) is 13.6. The van der Waals surface area contributed by atoms with E-state index in [2.05, 4.69) is 25.5 Å². The first-order chi connectivity index (χ1) is 12.1. The molecule has 1 aromatic heterocycles. The van der Waals surface area contributed by atoms with Gasteiger partial charge in [-0.25, -0.2) is 0 Å². The number of carbonyl (C=O) groups is 1. The van der Waals surface area contributed by atoms with Gasteiger partial charge >= 0.3 is 0 Å². The minimum absolute atomic E-state index is 0.402. The highest BCUT2D eigenvalue weighted by molar-refractivity contribution is 6.31. The van der Waals surface area contributed by atoms with Gasteiger partial charge in [0.1, 0.15) is 0 Å². The maximum atomic E-state index is 11.3. The molecule has 0 saturated carbocycles.